The molecule has 20 heavy (non-hydrogen) atoms. The number of hydrogen-bond acceptors (Lipinski definition) is 3. The Morgan fingerprint density at radius 2 is 2.10 bits per heavy atom. The smallest absolute Gasteiger partial charge is 0.0485 e. The summed E-state index contributed by atoms with van der Waals surface area (Å²) in [5.41, 5.74) is 2.37. The molecule has 2 rings (SSSR count). The van der Waals surface area contributed by atoms with E-state index in [9.17, 15) is 0 Å². The van der Waals surface area contributed by atoms with E-state index in [-0.39, 0.29) is 0 Å². The molecule has 0 aliphatic carbocycles. The molecule has 1 fully saturated rings. The Morgan fingerprint density at radius 3 is 2.75 bits per heavy atom. The predicted molar refractivity (Wildman–Crippen MR) is 85.7 cm³/mol. The Morgan fingerprint density at radius 1 is 1.35 bits per heavy atom. The van der Waals surface area contributed by atoms with Gasteiger partial charge in [-0.3, -0.25) is 0 Å². The van der Waals surface area contributed by atoms with Crippen molar-refractivity contribution in [2.45, 2.75) is 38.8 Å². The molecule has 1 N–H and O–H groups in total. The van der Waals surface area contributed by atoms with E-state index in [4.69, 9.17) is 16.3 Å². The minimum atomic E-state index is 0.559. The van der Waals surface area contributed by atoms with E-state index < -0.39 is 0 Å². The summed E-state index contributed by atoms with van der Waals surface area (Å²) in [5.74, 6) is 0. The van der Waals surface area contributed by atoms with Crippen LogP contribution in [0.5, 0.6) is 0 Å². The summed E-state index contributed by atoms with van der Waals surface area (Å²) in [6, 6.07) is 6.95. The third kappa shape index (κ3) is 4.11. The summed E-state index contributed by atoms with van der Waals surface area (Å²) in [6.45, 7) is 5.76. The van der Waals surface area contributed by atoms with Crippen LogP contribution in [0.3, 0.4) is 0 Å². The van der Waals surface area contributed by atoms with Crippen molar-refractivity contribution in [1.29, 1.82) is 0 Å². The SMILES string of the molecule is CCCNCc1ccc(N(C)C2CCOCC2)cc1Cl. The first-order valence-electron chi connectivity index (χ1n) is 7.52. The number of nitrogens with zero attached hydrogens (tertiary/aromatic N) is 1. The molecule has 0 unspecified atom stereocenters. The summed E-state index contributed by atoms with van der Waals surface area (Å²) >= 11 is 6.40. The molecular weight excluding hydrogens is 272 g/mol. The van der Waals surface area contributed by atoms with Gasteiger partial charge in [0.05, 0.1) is 0 Å². The van der Waals surface area contributed by atoms with Crippen molar-refractivity contribution in [2.24, 2.45) is 0 Å². The molecule has 1 aromatic carbocycles. The van der Waals surface area contributed by atoms with Gasteiger partial charge in [-0.15, -0.1) is 0 Å². The maximum absolute atomic E-state index is 6.40. The highest BCUT2D eigenvalue weighted by Crippen LogP contribution is 2.26. The second-order valence-electron chi connectivity index (χ2n) is 5.41. The first-order chi connectivity index (χ1) is 9.72. The van der Waals surface area contributed by atoms with Gasteiger partial charge in [-0.25, -0.2) is 0 Å². The van der Waals surface area contributed by atoms with E-state index >= 15 is 0 Å². The Balaban J connectivity index is 1.99. The Bertz CT molecular complexity index is 419. The van der Waals surface area contributed by atoms with Crippen molar-refractivity contribution in [3.63, 3.8) is 0 Å². The van der Waals surface area contributed by atoms with Gasteiger partial charge in [-0.1, -0.05) is 24.6 Å². The number of halogens is 1. The van der Waals surface area contributed by atoms with Crippen molar-refractivity contribution in [3.8, 4) is 0 Å². The first-order valence-corrected chi connectivity index (χ1v) is 7.90. The largest absolute Gasteiger partial charge is 0.381 e. The molecule has 1 saturated heterocycles. The van der Waals surface area contributed by atoms with Crippen LogP contribution < -0.4 is 10.2 Å². The minimum absolute atomic E-state index is 0.559. The van der Waals surface area contributed by atoms with Gasteiger partial charge in [0.2, 0.25) is 0 Å². The molecule has 0 spiro atoms. The third-order valence-electron chi connectivity index (χ3n) is 3.92. The molecular formula is C16H25ClN2O. The van der Waals surface area contributed by atoms with E-state index in [1.54, 1.807) is 0 Å². The summed E-state index contributed by atoms with van der Waals surface area (Å²) in [5, 5.41) is 4.24. The molecule has 0 atom stereocenters. The quantitative estimate of drug-likeness (QED) is 0.814. The van der Waals surface area contributed by atoms with Crippen LogP contribution in [-0.4, -0.2) is 32.8 Å². The molecule has 0 radical (unpaired) electrons. The van der Waals surface area contributed by atoms with E-state index in [1.165, 1.54) is 11.3 Å². The van der Waals surface area contributed by atoms with Gasteiger partial charge < -0.3 is 15.0 Å². The van der Waals surface area contributed by atoms with E-state index in [1.807, 2.05) is 0 Å². The lowest BCUT2D eigenvalue weighted by Gasteiger charge is -2.33. The number of rotatable bonds is 6. The fourth-order valence-corrected chi connectivity index (χ4v) is 2.82. The molecule has 1 aliphatic rings. The van der Waals surface area contributed by atoms with Gasteiger partial charge in [0.25, 0.3) is 0 Å². The molecule has 0 aromatic heterocycles. The summed E-state index contributed by atoms with van der Waals surface area (Å²) in [4.78, 5) is 2.33. The lowest BCUT2D eigenvalue weighted by Crippen LogP contribution is -2.36. The molecule has 112 valence electrons. The second-order valence-corrected chi connectivity index (χ2v) is 5.81. The highest BCUT2D eigenvalue weighted by molar-refractivity contribution is 6.31. The number of nitrogens with one attached hydrogen (secondary N) is 1. The average Bonchev–Trinajstić information content (AvgIpc) is 2.49. The number of ether oxygens (including phenoxy) is 1. The van der Waals surface area contributed by atoms with E-state index in [0.29, 0.717) is 6.04 Å². The van der Waals surface area contributed by atoms with Gasteiger partial charge in [0.15, 0.2) is 0 Å². The normalized spacial score (nSPS) is 16.4. The molecule has 3 nitrogen and oxygen atoms in total. The van der Waals surface area contributed by atoms with Gasteiger partial charge in [0.1, 0.15) is 0 Å². The monoisotopic (exact) mass is 296 g/mol. The molecule has 0 bridgehead atoms. The standard InChI is InChI=1S/C16H25ClN2O/c1-3-8-18-12-13-4-5-15(11-16(13)17)19(2)14-6-9-20-10-7-14/h4-5,11,14,18H,3,6-10,12H2,1-2H3. The van der Waals surface area contributed by atoms with Crippen molar-refractivity contribution in [1.82, 2.24) is 5.32 Å². The Kier molecular flexibility index (Phi) is 6.14. The zero-order valence-electron chi connectivity index (χ0n) is 12.5. The highest BCUT2D eigenvalue weighted by Gasteiger charge is 2.19. The van der Waals surface area contributed by atoms with Crippen LogP contribution in [0.15, 0.2) is 18.2 Å². The van der Waals surface area contributed by atoms with E-state index in [2.05, 4.69) is 42.4 Å². The zero-order chi connectivity index (χ0) is 14.4. The zero-order valence-corrected chi connectivity index (χ0v) is 13.2. The summed E-state index contributed by atoms with van der Waals surface area (Å²) in [7, 11) is 2.15. The van der Waals surface area contributed by atoms with Crippen LogP contribution in [-0.2, 0) is 11.3 Å². The van der Waals surface area contributed by atoms with Crippen molar-refractivity contribution >= 4 is 17.3 Å². The Labute approximate surface area is 127 Å². The average molecular weight is 297 g/mol. The van der Waals surface area contributed by atoms with Crippen molar-refractivity contribution in [3.05, 3.63) is 28.8 Å². The summed E-state index contributed by atoms with van der Waals surface area (Å²) in [6.07, 6.45) is 3.32. The molecule has 1 aliphatic heterocycles. The van der Waals surface area contributed by atoms with Crippen LogP contribution >= 0.6 is 11.6 Å². The van der Waals surface area contributed by atoms with Gasteiger partial charge >= 0.3 is 0 Å². The first kappa shape index (κ1) is 15.6. The van der Waals surface area contributed by atoms with Crippen LogP contribution in [0.1, 0.15) is 31.7 Å². The summed E-state index contributed by atoms with van der Waals surface area (Å²) < 4.78 is 5.42. The number of hydrogen-bond donors (Lipinski definition) is 1. The topological polar surface area (TPSA) is 24.5 Å². The fraction of sp³-hybridized carbons (Fsp3) is 0.625. The maximum atomic E-state index is 6.40. The maximum Gasteiger partial charge on any atom is 0.0485 e. The van der Waals surface area contributed by atoms with Gasteiger partial charge in [0, 0.05) is 43.6 Å². The van der Waals surface area contributed by atoms with Crippen molar-refractivity contribution < 1.29 is 4.74 Å². The Hall–Kier alpha value is -0.770. The molecule has 1 aromatic rings. The molecule has 1 heterocycles. The molecule has 0 amide bonds. The number of benzene rings is 1. The lowest BCUT2D eigenvalue weighted by molar-refractivity contribution is 0.0855. The van der Waals surface area contributed by atoms with Crippen LogP contribution in [0.25, 0.3) is 0 Å². The fourth-order valence-electron chi connectivity index (χ4n) is 2.58. The van der Waals surface area contributed by atoms with Crippen LogP contribution in [0, 0.1) is 0 Å². The van der Waals surface area contributed by atoms with Gasteiger partial charge in [-0.2, -0.15) is 0 Å². The minimum Gasteiger partial charge on any atom is -0.381 e. The van der Waals surface area contributed by atoms with Crippen molar-refractivity contribution in [2.75, 3.05) is 31.7 Å². The van der Waals surface area contributed by atoms with Gasteiger partial charge in [-0.05, 0) is 43.5 Å². The molecule has 4 heteroatoms. The molecule has 0 saturated carbocycles. The second kappa shape index (κ2) is 7.87. The predicted octanol–water partition coefficient (Wildman–Crippen LogP) is 3.45. The van der Waals surface area contributed by atoms with E-state index in [0.717, 1.165) is 50.6 Å². The number of anilines is 1. The van der Waals surface area contributed by atoms with Crippen LogP contribution in [0.2, 0.25) is 5.02 Å². The third-order valence-corrected chi connectivity index (χ3v) is 4.28. The van der Waals surface area contributed by atoms with Crippen LogP contribution in [0.4, 0.5) is 5.69 Å². The lowest BCUT2D eigenvalue weighted by atomic mass is 10.1. The highest BCUT2D eigenvalue weighted by atomic mass is 35.5.